The molecule has 0 amide bonds. The number of nitrogens with two attached hydrogens (primary N) is 1. The molecule has 0 fully saturated rings. The van der Waals surface area contributed by atoms with Crippen LogP contribution in [0.1, 0.15) is 49.4 Å². The van der Waals surface area contributed by atoms with Crippen LogP contribution in [0, 0.1) is 34.9 Å². The van der Waals surface area contributed by atoms with Gasteiger partial charge < -0.3 is 44.7 Å². The van der Waals surface area contributed by atoms with E-state index in [-0.39, 0.29) is 79.3 Å². The third-order valence-electron chi connectivity index (χ3n) is 7.54. The maximum atomic E-state index is 14.3. The minimum absolute atomic E-state index is 0. The average Bonchev–Trinajstić information content (AvgIpc) is 3.16. The summed E-state index contributed by atoms with van der Waals surface area (Å²) >= 11 is 0. The number of aromatic nitrogens is 1. The Kier molecular flexibility index (Phi) is 16.1. The number of nitrogen functional groups attached to an aromatic ring is 1. The Morgan fingerprint density at radius 1 is 0.797 bits per heavy atom. The molecule has 1 aromatic heterocycles. The monoisotopic (exact) mass is 835 g/mol. The number of ketones is 1. The van der Waals surface area contributed by atoms with Crippen LogP contribution < -0.4 is 15.9 Å². The van der Waals surface area contributed by atoms with Gasteiger partial charge in [0, 0.05) is 38.6 Å². The first-order valence-electron chi connectivity index (χ1n) is 16.3. The molecule has 316 valence electrons. The van der Waals surface area contributed by atoms with E-state index in [0.29, 0.717) is 5.69 Å². The van der Waals surface area contributed by atoms with Gasteiger partial charge in [0.2, 0.25) is 17.0 Å². The number of ether oxygens (including phenoxy) is 3. The Bertz CT molecular complexity index is 2510. The second kappa shape index (κ2) is 19.8. The van der Waals surface area contributed by atoms with E-state index < -0.39 is 74.9 Å². The summed E-state index contributed by atoms with van der Waals surface area (Å²) < 4.78 is 97.5. The molecule has 4 aromatic carbocycles. The number of aromatic hydroxyl groups is 3. The molecule has 19 heteroatoms. The van der Waals surface area contributed by atoms with E-state index in [1.54, 1.807) is 6.92 Å². The minimum atomic E-state index is -2.13. The van der Waals surface area contributed by atoms with Gasteiger partial charge in [-0.15, -0.1) is 0 Å². The van der Waals surface area contributed by atoms with Crippen LogP contribution in [0.5, 0.6) is 28.7 Å². The number of pyridine rings is 1. The first-order valence-corrected chi connectivity index (χ1v) is 16.3. The number of carbonyl (C=O) groups is 3. The Balaban J connectivity index is 0.000000331. The number of esters is 2. The zero-order chi connectivity index (χ0) is 42.5. The third kappa shape index (κ3) is 10.2. The standard InChI is InChI=1S/C18H11F2NO5.C14H13F4NO3.C6H7NO2.2CH4/c1-2-25-18(24)10-7-21-12-4-3-8(22)5-13(12)26-17-14(20)11(19)6-9(15(17)21)16(10)23;1-4-22-14(21)8(6-19(2)3)13(20)7-5-9(15)11(17)12(18)10(7)16;7-5-2-1-4(8)3-6(5)9;;/h3-7,22H,2H2,1H3;5-6H,4H2,1-3H3;1-3,8-9H,7H2;2*1H4/b;8-6-;;;. The maximum Gasteiger partial charge on any atom is 0.343 e. The van der Waals surface area contributed by atoms with Crippen molar-refractivity contribution in [1.82, 2.24) is 9.47 Å². The van der Waals surface area contributed by atoms with Crippen LogP contribution in [-0.2, 0) is 14.3 Å². The number of halogens is 6. The van der Waals surface area contributed by atoms with Crippen molar-refractivity contribution in [2.24, 2.45) is 0 Å². The highest BCUT2D eigenvalue weighted by atomic mass is 19.2. The van der Waals surface area contributed by atoms with Crippen molar-refractivity contribution >= 4 is 34.3 Å². The van der Waals surface area contributed by atoms with E-state index in [1.165, 1.54) is 73.1 Å². The molecule has 5 aromatic rings. The summed E-state index contributed by atoms with van der Waals surface area (Å²) in [6, 6.07) is 9.00. The molecule has 59 heavy (non-hydrogen) atoms. The fourth-order valence-electron chi connectivity index (χ4n) is 5.02. The molecule has 0 saturated carbocycles. The van der Waals surface area contributed by atoms with E-state index in [1.807, 2.05) is 0 Å². The normalized spacial score (nSPS) is 10.8. The van der Waals surface area contributed by atoms with E-state index in [4.69, 9.17) is 25.4 Å². The average molecular weight is 836 g/mol. The molecule has 0 unspecified atom stereocenters. The van der Waals surface area contributed by atoms with E-state index in [2.05, 4.69) is 4.74 Å². The van der Waals surface area contributed by atoms with Crippen molar-refractivity contribution in [1.29, 1.82) is 0 Å². The lowest BCUT2D eigenvalue weighted by Gasteiger charge is -2.24. The summed E-state index contributed by atoms with van der Waals surface area (Å²) in [5.41, 5.74) is 2.97. The van der Waals surface area contributed by atoms with E-state index >= 15 is 0 Å². The van der Waals surface area contributed by atoms with Crippen molar-refractivity contribution in [3.63, 3.8) is 0 Å². The number of carbonyl (C=O) groups excluding carboxylic acids is 3. The lowest BCUT2D eigenvalue weighted by molar-refractivity contribution is -0.138. The molecule has 0 radical (unpaired) electrons. The van der Waals surface area contributed by atoms with Crippen LogP contribution in [0.2, 0.25) is 0 Å². The number of anilines is 1. The molecular formula is C40H39F6N3O10. The zero-order valence-corrected chi connectivity index (χ0v) is 30.1. The number of nitrogens with zero attached hydrogens (tertiary/aromatic N) is 2. The summed E-state index contributed by atoms with van der Waals surface area (Å²) in [6.07, 6.45) is 2.21. The van der Waals surface area contributed by atoms with Crippen LogP contribution in [0.3, 0.4) is 0 Å². The number of fused-ring (bicyclic) bond motifs is 2. The van der Waals surface area contributed by atoms with Gasteiger partial charge in [-0.2, -0.15) is 4.39 Å². The molecule has 2 heterocycles. The van der Waals surface area contributed by atoms with Crippen LogP contribution in [0.15, 0.2) is 71.3 Å². The lowest BCUT2D eigenvalue weighted by atomic mass is 10.0. The van der Waals surface area contributed by atoms with Crippen molar-refractivity contribution in [3.05, 3.63) is 123 Å². The van der Waals surface area contributed by atoms with Gasteiger partial charge in [0.1, 0.15) is 33.9 Å². The predicted molar refractivity (Wildman–Crippen MR) is 204 cm³/mol. The van der Waals surface area contributed by atoms with Crippen LogP contribution >= 0.6 is 0 Å². The van der Waals surface area contributed by atoms with Crippen molar-refractivity contribution < 1.29 is 70.3 Å². The first kappa shape index (κ1) is 48.0. The lowest BCUT2D eigenvalue weighted by Crippen LogP contribution is -2.22. The number of benzene rings is 4. The second-order valence-corrected chi connectivity index (χ2v) is 11.8. The summed E-state index contributed by atoms with van der Waals surface area (Å²) in [5, 5.41) is 26.9. The second-order valence-electron chi connectivity index (χ2n) is 11.8. The molecule has 5 N–H and O–H groups in total. The SMILES string of the molecule is C.C.CCOC(=O)/C(=C\N(C)C)C(=O)c1cc(F)c(F)c(F)c1F.CCOC(=O)c1cn2c3c(c(F)c(F)cc3c1=O)Oc1cc(O)ccc1-2.Nc1ccc(O)cc1O. The Morgan fingerprint density at radius 3 is 1.97 bits per heavy atom. The highest BCUT2D eigenvalue weighted by Crippen LogP contribution is 2.43. The quantitative estimate of drug-likeness (QED) is 0.0105. The molecular weight excluding hydrogens is 796 g/mol. The summed E-state index contributed by atoms with van der Waals surface area (Å²) in [5.74, 6) is -14.3. The number of rotatable bonds is 7. The van der Waals surface area contributed by atoms with Crippen molar-refractivity contribution in [2.75, 3.05) is 33.0 Å². The summed E-state index contributed by atoms with van der Waals surface area (Å²) in [6.45, 7) is 3.05. The number of phenolic OH excluding ortho intramolecular Hbond substituents is 3. The fraction of sp³-hybridized carbons (Fsp3) is 0.200. The number of hydrogen-bond donors (Lipinski definition) is 4. The van der Waals surface area contributed by atoms with Gasteiger partial charge in [0.25, 0.3) is 0 Å². The molecule has 1 aliphatic rings. The molecule has 0 spiro atoms. The van der Waals surface area contributed by atoms with Gasteiger partial charge in [0.15, 0.2) is 40.6 Å². The van der Waals surface area contributed by atoms with E-state index in [9.17, 15) is 50.6 Å². The molecule has 0 aliphatic carbocycles. The number of hydrogen-bond acceptors (Lipinski definition) is 12. The highest BCUT2D eigenvalue weighted by molar-refractivity contribution is 6.24. The van der Waals surface area contributed by atoms with Crippen LogP contribution in [-0.4, -0.2) is 69.8 Å². The van der Waals surface area contributed by atoms with Crippen LogP contribution in [0.4, 0.5) is 32.0 Å². The number of phenols is 3. The Labute approximate surface area is 332 Å². The topological polar surface area (TPSA) is 191 Å². The highest BCUT2D eigenvalue weighted by Gasteiger charge is 2.30. The zero-order valence-electron chi connectivity index (χ0n) is 30.1. The molecule has 1 aliphatic heterocycles. The van der Waals surface area contributed by atoms with Gasteiger partial charge in [-0.05, 0) is 50.2 Å². The van der Waals surface area contributed by atoms with Gasteiger partial charge in [-0.25, -0.2) is 31.5 Å². The van der Waals surface area contributed by atoms with Crippen molar-refractivity contribution in [3.8, 4) is 34.4 Å². The fourth-order valence-corrected chi connectivity index (χ4v) is 5.02. The first-order chi connectivity index (χ1) is 26.8. The Hall–Kier alpha value is -7.18. The largest absolute Gasteiger partial charge is 0.508 e. The van der Waals surface area contributed by atoms with Gasteiger partial charge in [-0.1, -0.05) is 14.9 Å². The van der Waals surface area contributed by atoms with Gasteiger partial charge in [0.05, 0.1) is 35.5 Å². The third-order valence-corrected chi connectivity index (χ3v) is 7.54. The smallest absolute Gasteiger partial charge is 0.343 e. The maximum absolute atomic E-state index is 14.3. The molecule has 0 atom stereocenters. The van der Waals surface area contributed by atoms with Crippen LogP contribution in [0.25, 0.3) is 16.6 Å². The summed E-state index contributed by atoms with van der Waals surface area (Å²) in [4.78, 5) is 49.9. The predicted octanol–water partition coefficient (Wildman–Crippen LogP) is 7.64. The minimum Gasteiger partial charge on any atom is -0.508 e. The van der Waals surface area contributed by atoms with Gasteiger partial charge in [-0.3, -0.25) is 9.59 Å². The summed E-state index contributed by atoms with van der Waals surface area (Å²) in [7, 11) is 2.93. The molecule has 13 nitrogen and oxygen atoms in total. The molecule has 6 rings (SSSR count). The van der Waals surface area contributed by atoms with E-state index in [0.717, 1.165) is 12.3 Å². The number of Topliss-reactive ketones (excluding diaryl/α,β-unsaturated/α-hetero) is 1. The molecule has 0 saturated heterocycles. The van der Waals surface area contributed by atoms with Gasteiger partial charge >= 0.3 is 11.9 Å². The van der Waals surface area contributed by atoms with Crippen molar-refractivity contribution in [2.45, 2.75) is 28.7 Å². The molecule has 0 bridgehead atoms. The Morgan fingerprint density at radius 2 is 1.39 bits per heavy atom.